The first-order chi connectivity index (χ1) is 16.6. The monoisotopic (exact) mass is 479 g/mol. The molecule has 0 bridgehead atoms. The molecule has 35 heavy (non-hydrogen) atoms. The largest absolute Gasteiger partial charge is 0.341 e. The molecule has 1 atom stereocenters. The molecule has 188 valence electrons. The van der Waals surface area contributed by atoms with Crippen LogP contribution in [0.25, 0.3) is 0 Å². The van der Waals surface area contributed by atoms with Crippen LogP contribution in [0.15, 0.2) is 72.9 Å². The van der Waals surface area contributed by atoms with E-state index in [1.54, 1.807) is 48.5 Å². The molecule has 2 rings (SSSR count). The summed E-state index contributed by atoms with van der Waals surface area (Å²) in [6, 6.07) is 17.4. The number of urea groups is 1. The van der Waals surface area contributed by atoms with E-state index in [0.717, 1.165) is 0 Å². The van der Waals surface area contributed by atoms with Crippen molar-refractivity contribution in [1.29, 1.82) is 0 Å². The van der Waals surface area contributed by atoms with Crippen LogP contribution in [0.1, 0.15) is 51.7 Å². The molecule has 0 aliphatic heterocycles. The van der Waals surface area contributed by atoms with Gasteiger partial charge in [-0.1, -0.05) is 88.0 Å². The Kier molecular flexibility index (Phi) is 9.78. The van der Waals surface area contributed by atoms with Crippen LogP contribution < -0.4 is 5.32 Å². The molecule has 0 spiro atoms. The number of amides is 4. The van der Waals surface area contributed by atoms with Crippen LogP contribution in [0.5, 0.6) is 0 Å². The predicted molar refractivity (Wildman–Crippen MR) is 137 cm³/mol. The third kappa shape index (κ3) is 5.80. The lowest BCUT2D eigenvalue weighted by Gasteiger charge is -2.43. The van der Waals surface area contributed by atoms with Gasteiger partial charge in [-0.05, 0) is 36.8 Å². The zero-order chi connectivity index (χ0) is 26.2. The van der Waals surface area contributed by atoms with E-state index in [1.165, 1.54) is 18.9 Å². The van der Waals surface area contributed by atoms with Crippen molar-refractivity contribution < 1.29 is 19.6 Å². The number of benzene rings is 2. The standard InChI is InChI=1S/C28H37N3O4/c1-7-18-30(27(34)29-6)25(32)24(19-20(2)3)28(22-14-10-8-11-15-22,23-16-12-9-13-17-23)26(33)31(35)21(4)5/h8-17,20,24,35H,4,7,18-19H2,1-3,5-6H3,(H,29,34)/t24-/m0/s1. The van der Waals surface area contributed by atoms with E-state index in [2.05, 4.69) is 11.9 Å². The van der Waals surface area contributed by atoms with E-state index in [-0.39, 0.29) is 18.2 Å². The van der Waals surface area contributed by atoms with Gasteiger partial charge in [-0.3, -0.25) is 19.7 Å². The molecule has 0 fully saturated rings. The highest BCUT2D eigenvalue weighted by molar-refractivity contribution is 6.02. The third-order valence-corrected chi connectivity index (χ3v) is 6.05. The van der Waals surface area contributed by atoms with Gasteiger partial charge in [0.15, 0.2) is 0 Å². The predicted octanol–water partition coefficient (Wildman–Crippen LogP) is 4.96. The van der Waals surface area contributed by atoms with Crippen molar-refractivity contribution in [3.05, 3.63) is 84.1 Å². The summed E-state index contributed by atoms with van der Waals surface area (Å²) in [5.74, 6) is -2.16. The lowest BCUT2D eigenvalue weighted by Crippen LogP contribution is -2.57. The Morgan fingerprint density at radius 2 is 1.49 bits per heavy atom. The van der Waals surface area contributed by atoms with E-state index in [1.807, 2.05) is 32.9 Å². The minimum Gasteiger partial charge on any atom is -0.341 e. The van der Waals surface area contributed by atoms with Crippen LogP contribution in [0.4, 0.5) is 4.79 Å². The SMILES string of the molecule is C=C(C)N(O)C(=O)C(c1ccccc1)(c1ccccc1)[C@@H](CC(C)C)C(=O)N(CCC)C(=O)NC. The molecule has 7 nitrogen and oxygen atoms in total. The van der Waals surface area contributed by atoms with Gasteiger partial charge in [0.05, 0.1) is 5.92 Å². The first kappa shape index (κ1) is 27.8. The second-order valence-electron chi connectivity index (χ2n) is 9.12. The van der Waals surface area contributed by atoms with Crippen molar-refractivity contribution >= 4 is 17.8 Å². The summed E-state index contributed by atoms with van der Waals surface area (Å²) in [4.78, 5) is 42.5. The lowest BCUT2D eigenvalue weighted by atomic mass is 9.62. The van der Waals surface area contributed by atoms with E-state index < -0.39 is 29.2 Å². The van der Waals surface area contributed by atoms with Crippen molar-refractivity contribution in [2.75, 3.05) is 13.6 Å². The minimum atomic E-state index is -1.61. The van der Waals surface area contributed by atoms with Gasteiger partial charge in [-0.15, -0.1) is 0 Å². The van der Waals surface area contributed by atoms with E-state index in [4.69, 9.17) is 0 Å². The fraction of sp³-hybridized carbons (Fsp3) is 0.393. The molecule has 0 aliphatic carbocycles. The molecule has 7 heteroatoms. The van der Waals surface area contributed by atoms with Gasteiger partial charge in [0, 0.05) is 19.3 Å². The molecular formula is C28H37N3O4. The van der Waals surface area contributed by atoms with Crippen LogP contribution >= 0.6 is 0 Å². The first-order valence-electron chi connectivity index (χ1n) is 12.0. The molecule has 2 N–H and O–H groups in total. The third-order valence-electron chi connectivity index (χ3n) is 6.05. The molecule has 2 aromatic carbocycles. The Bertz CT molecular complexity index is 982. The van der Waals surface area contributed by atoms with Crippen molar-refractivity contribution in [2.45, 2.75) is 46.0 Å². The second-order valence-corrected chi connectivity index (χ2v) is 9.12. The Labute approximate surface area is 208 Å². The number of hydrogen-bond acceptors (Lipinski definition) is 4. The lowest BCUT2D eigenvalue weighted by molar-refractivity contribution is -0.167. The molecule has 0 unspecified atom stereocenters. The summed E-state index contributed by atoms with van der Waals surface area (Å²) in [6.45, 7) is 11.3. The van der Waals surface area contributed by atoms with Gasteiger partial charge in [0.2, 0.25) is 5.91 Å². The number of hydroxylamine groups is 2. The highest BCUT2D eigenvalue weighted by Gasteiger charge is 2.55. The van der Waals surface area contributed by atoms with Gasteiger partial charge >= 0.3 is 6.03 Å². The topological polar surface area (TPSA) is 90.0 Å². The number of carbonyl (C=O) groups excluding carboxylic acids is 3. The van der Waals surface area contributed by atoms with Gasteiger partial charge in [-0.2, -0.15) is 5.06 Å². The van der Waals surface area contributed by atoms with Gasteiger partial charge in [-0.25, -0.2) is 4.79 Å². The van der Waals surface area contributed by atoms with Gasteiger partial charge < -0.3 is 5.32 Å². The Balaban J connectivity index is 2.99. The zero-order valence-corrected chi connectivity index (χ0v) is 21.3. The van der Waals surface area contributed by atoms with Crippen LogP contribution in [0.2, 0.25) is 0 Å². The molecule has 0 aliphatic rings. The number of allylic oxidation sites excluding steroid dienone is 1. The Hall–Kier alpha value is -3.45. The molecule has 0 heterocycles. The molecule has 2 aromatic rings. The van der Waals surface area contributed by atoms with Gasteiger partial charge in [0.25, 0.3) is 5.91 Å². The molecule has 0 radical (unpaired) electrons. The fourth-order valence-corrected chi connectivity index (χ4v) is 4.50. The summed E-state index contributed by atoms with van der Waals surface area (Å²) in [7, 11) is 1.47. The van der Waals surface area contributed by atoms with Crippen molar-refractivity contribution in [3.8, 4) is 0 Å². The van der Waals surface area contributed by atoms with E-state index in [0.29, 0.717) is 29.0 Å². The highest BCUT2D eigenvalue weighted by atomic mass is 16.5. The van der Waals surface area contributed by atoms with E-state index in [9.17, 15) is 19.6 Å². The average Bonchev–Trinajstić information content (AvgIpc) is 2.86. The normalized spacial score (nSPS) is 12.1. The first-order valence-corrected chi connectivity index (χ1v) is 12.0. The van der Waals surface area contributed by atoms with Crippen molar-refractivity contribution in [2.24, 2.45) is 11.8 Å². The van der Waals surface area contributed by atoms with Gasteiger partial charge in [0.1, 0.15) is 5.41 Å². The number of imide groups is 1. The summed E-state index contributed by atoms with van der Waals surface area (Å²) in [6.07, 6.45) is 0.860. The second kappa shape index (κ2) is 12.3. The van der Waals surface area contributed by atoms with Crippen molar-refractivity contribution in [1.82, 2.24) is 15.3 Å². The highest BCUT2D eigenvalue weighted by Crippen LogP contribution is 2.45. The fourth-order valence-electron chi connectivity index (χ4n) is 4.50. The molecule has 0 aromatic heterocycles. The summed E-state index contributed by atoms with van der Waals surface area (Å²) in [5.41, 5.74) is -0.399. The molecule has 0 saturated heterocycles. The number of carbonyl (C=O) groups is 3. The number of nitrogens with one attached hydrogen (secondary N) is 1. The summed E-state index contributed by atoms with van der Waals surface area (Å²) in [5, 5.41) is 14.0. The Morgan fingerprint density at radius 3 is 1.86 bits per heavy atom. The zero-order valence-electron chi connectivity index (χ0n) is 21.3. The minimum absolute atomic E-state index is 0.00804. The maximum absolute atomic E-state index is 14.3. The smallest absolute Gasteiger partial charge is 0.323 e. The number of nitrogens with zero attached hydrogens (tertiary/aromatic N) is 2. The van der Waals surface area contributed by atoms with Crippen LogP contribution in [-0.4, -0.2) is 46.6 Å². The van der Waals surface area contributed by atoms with Crippen molar-refractivity contribution in [3.63, 3.8) is 0 Å². The quantitative estimate of drug-likeness (QED) is 0.372. The maximum atomic E-state index is 14.3. The summed E-state index contributed by atoms with van der Waals surface area (Å²) >= 11 is 0. The maximum Gasteiger partial charge on any atom is 0.323 e. The van der Waals surface area contributed by atoms with Crippen LogP contribution in [0, 0.1) is 11.8 Å². The summed E-state index contributed by atoms with van der Waals surface area (Å²) < 4.78 is 0. The average molecular weight is 480 g/mol. The van der Waals surface area contributed by atoms with Crippen LogP contribution in [-0.2, 0) is 15.0 Å². The molecular weight excluding hydrogens is 442 g/mol. The Morgan fingerprint density at radius 1 is 1.00 bits per heavy atom. The van der Waals surface area contributed by atoms with Crippen LogP contribution in [0.3, 0.4) is 0 Å². The number of rotatable bonds is 10. The number of hydrogen-bond donors (Lipinski definition) is 2. The van der Waals surface area contributed by atoms with E-state index >= 15 is 0 Å². The molecule has 0 saturated carbocycles. The molecule has 4 amide bonds.